The Labute approximate surface area is 211 Å². The van der Waals surface area contributed by atoms with Crippen molar-refractivity contribution in [1.82, 2.24) is 14.8 Å². The molecule has 36 heavy (non-hydrogen) atoms. The fourth-order valence-corrected chi connectivity index (χ4v) is 5.67. The Hall–Kier alpha value is -2.95. The predicted octanol–water partition coefficient (Wildman–Crippen LogP) is 4.74. The third-order valence-corrected chi connectivity index (χ3v) is 7.48. The maximum absolute atomic E-state index is 13.3. The summed E-state index contributed by atoms with van der Waals surface area (Å²) in [4.78, 5) is 45.8. The van der Waals surface area contributed by atoms with Crippen molar-refractivity contribution in [2.24, 2.45) is 0 Å². The largest absolute Gasteiger partial charge is 0.461 e. The Morgan fingerprint density at radius 2 is 1.75 bits per heavy atom. The molecule has 1 unspecified atom stereocenters. The molecule has 2 amide bonds. The molecule has 3 heterocycles. The molecule has 2 aliphatic heterocycles. The van der Waals surface area contributed by atoms with Gasteiger partial charge in [0.25, 0.3) is 11.8 Å². The minimum atomic E-state index is -4.60. The van der Waals surface area contributed by atoms with E-state index in [1.165, 1.54) is 39.3 Å². The highest BCUT2D eigenvalue weighted by Gasteiger charge is 2.38. The van der Waals surface area contributed by atoms with Crippen molar-refractivity contribution >= 4 is 29.1 Å². The van der Waals surface area contributed by atoms with Crippen LogP contribution >= 0.6 is 11.3 Å². The van der Waals surface area contributed by atoms with Gasteiger partial charge in [-0.05, 0) is 51.7 Å². The number of amides is 2. The summed E-state index contributed by atoms with van der Waals surface area (Å²) >= 11 is 1.35. The molecule has 0 aliphatic carbocycles. The molecule has 0 radical (unpaired) electrons. The van der Waals surface area contributed by atoms with Gasteiger partial charge in [-0.1, -0.05) is 12.1 Å². The fraction of sp³-hybridized carbons (Fsp3) is 0.520. The zero-order valence-electron chi connectivity index (χ0n) is 20.1. The van der Waals surface area contributed by atoms with Crippen molar-refractivity contribution in [3.8, 4) is 0 Å². The number of aromatic nitrogens is 1. The molecule has 7 nitrogen and oxygen atoms in total. The second kappa shape index (κ2) is 10.6. The fourth-order valence-electron chi connectivity index (χ4n) is 4.70. The predicted molar refractivity (Wildman–Crippen MR) is 127 cm³/mol. The van der Waals surface area contributed by atoms with Crippen molar-refractivity contribution in [2.45, 2.75) is 63.8 Å². The molecule has 194 valence electrons. The number of likely N-dealkylation sites (tertiary alicyclic amines) is 2. The van der Waals surface area contributed by atoms with Crippen LogP contribution in [0, 0.1) is 0 Å². The first-order valence-electron chi connectivity index (χ1n) is 12.0. The van der Waals surface area contributed by atoms with Gasteiger partial charge < -0.3 is 14.5 Å². The van der Waals surface area contributed by atoms with Gasteiger partial charge in [0, 0.05) is 30.9 Å². The van der Waals surface area contributed by atoms with Crippen molar-refractivity contribution in [3.05, 3.63) is 51.5 Å². The molecule has 0 spiro atoms. The van der Waals surface area contributed by atoms with Crippen LogP contribution in [0.1, 0.15) is 76.9 Å². The zero-order valence-corrected chi connectivity index (χ0v) is 20.9. The lowest BCUT2D eigenvalue weighted by Crippen LogP contribution is -2.42. The Morgan fingerprint density at radius 1 is 1.06 bits per heavy atom. The van der Waals surface area contributed by atoms with Gasteiger partial charge in [-0.25, -0.2) is 9.78 Å². The quantitative estimate of drug-likeness (QED) is 0.529. The minimum Gasteiger partial charge on any atom is -0.461 e. The van der Waals surface area contributed by atoms with Crippen LogP contribution in [0.4, 0.5) is 13.2 Å². The number of benzene rings is 1. The minimum absolute atomic E-state index is 0.00117. The molecular formula is C25H28F3N3O4S. The molecule has 1 aromatic carbocycles. The number of carbonyl (C=O) groups is 3. The highest BCUT2D eigenvalue weighted by molar-refractivity contribution is 7.09. The van der Waals surface area contributed by atoms with E-state index in [1.54, 1.807) is 19.2 Å². The number of rotatable bonds is 5. The van der Waals surface area contributed by atoms with Crippen LogP contribution in [0.3, 0.4) is 0 Å². The first-order valence-corrected chi connectivity index (χ1v) is 12.9. The molecule has 2 fully saturated rings. The Bertz CT molecular complexity index is 1130. The van der Waals surface area contributed by atoms with Crippen molar-refractivity contribution in [3.63, 3.8) is 0 Å². The summed E-state index contributed by atoms with van der Waals surface area (Å²) in [6, 6.07) is 4.21. The van der Waals surface area contributed by atoms with E-state index in [2.05, 4.69) is 4.98 Å². The lowest BCUT2D eigenvalue weighted by Gasteiger charge is -2.31. The molecule has 2 aromatic rings. The van der Waals surface area contributed by atoms with Gasteiger partial charge in [0.2, 0.25) is 0 Å². The molecule has 0 saturated carbocycles. The highest BCUT2D eigenvalue weighted by atomic mass is 32.1. The first kappa shape index (κ1) is 26.1. The van der Waals surface area contributed by atoms with Crippen molar-refractivity contribution < 1.29 is 32.3 Å². The van der Waals surface area contributed by atoms with Gasteiger partial charge in [0.15, 0.2) is 0 Å². The number of piperidine rings is 1. The Kier molecular flexibility index (Phi) is 7.67. The molecule has 2 saturated heterocycles. The SMILES string of the molecule is CC(C)OC(=O)C1CCCN1C(=O)c1csc(C2CCN(C(=O)c3ccccc3C(F)(F)F)CC2)n1. The van der Waals surface area contributed by atoms with E-state index in [0.29, 0.717) is 45.3 Å². The smallest absolute Gasteiger partial charge is 0.417 e. The second-order valence-electron chi connectivity index (χ2n) is 9.32. The molecule has 1 atom stereocenters. The van der Waals surface area contributed by atoms with Crippen molar-refractivity contribution in [1.29, 1.82) is 0 Å². The van der Waals surface area contributed by atoms with Gasteiger partial charge in [0.1, 0.15) is 11.7 Å². The average Bonchev–Trinajstić information content (AvgIpc) is 3.53. The van der Waals surface area contributed by atoms with E-state index in [1.807, 2.05) is 0 Å². The number of alkyl halides is 3. The number of esters is 1. The normalized spacial score (nSPS) is 19.1. The maximum atomic E-state index is 13.3. The Morgan fingerprint density at radius 3 is 2.42 bits per heavy atom. The number of carbonyl (C=O) groups excluding carboxylic acids is 3. The highest BCUT2D eigenvalue weighted by Crippen LogP contribution is 2.35. The number of nitrogens with zero attached hydrogens (tertiary/aromatic N) is 3. The summed E-state index contributed by atoms with van der Waals surface area (Å²) in [5.41, 5.74) is -1.00. The number of halogens is 3. The third-order valence-electron chi connectivity index (χ3n) is 6.47. The van der Waals surface area contributed by atoms with Gasteiger partial charge in [-0.3, -0.25) is 9.59 Å². The number of hydrogen-bond donors (Lipinski definition) is 0. The monoisotopic (exact) mass is 523 g/mol. The van der Waals surface area contributed by atoms with Gasteiger partial charge in [-0.2, -0.15) is 13.2 Å². The summed E-state index contributed by atoms with van der Waals surface area (Å²) in [5.74, 6) is -1.35. The molecule has 0 N–H and O–H groups in total. The third kappa shape index (κ3) is 5.55. The Balaban J connectivity index is 1.39. The van der Waals surface area contributed by atoms with Crippen LogP contribution in [0.5, 0.6) is 0 Å². The van der Waals surface area contributed by atoms with E-state index in [9.17, 15) is 27.6 Å². The van der Waals surface area contributed by atoms with Crippen LogP contribution < -0.4 is 0 Å². The van der Waals surface area contributed by atoms with E-state index < -0.39 is 29.7 Å². The van der Waals surface area contributed by atoms with Crippen LogP contribution in [-0.2, 0) is 15.7 Å². The van der Waals surface area contributed by atoms with Crippen LogP contribution in [0.15, 0.2) is 29.6 Å². The molecular weight excluding hydrogens is 495 g/mol. The second-order valence-corrected chi connectivity index (χ2v) is 10.2. The number of hydrogen-bond acceptors (Lipinski definition) is 6. The molecule has 2 aliphatic rings. The van der Waals surface area contributed by atoms with Crippen molar-refractivity contribution in [2.75, 3.05) is 19.6 Å². The number of thiazole rings is 1. The standard InChI is InChI=1S/C25H28F3N3O4S/c1-15(2)35-24(34)20-8-5-11-31(20)23(33)19-14-36-21(29-19)16-9-12-30(13-10-16)22(32)17-6-3-4-7-18(17)25(26,27)28/h3-4,6-7,14-16,20H,5,8-13H2,1-2H3. The van der Waals surface area contributed by atoms with Crippen LogP contribution in [0.25, 0.3) is 0 Å². The van der Waals surface area contributed by atoms with E-state index in [0.717, 1.165) is 11.1 Å². The molecule has 1 aromatic heterocycles. The average molecular weight is 524 g/mol. The van der Waals surface area contributed by atoms with Crippen LogP contribution in [-0.4, -0.2) is 64.3 Å². The summed E-state index contributed by atoms with van der Waals surface area (Å²) in [6.07, 6.45) is -2.53. The van der Waals surface area contributed by atoms with E-state index >= 15 is 0 Å². The van der Waals surface area contributed by atoms with E-state index in [-0.39, 0.29) is 29.2 Å². The first-order chi connectivity index (χ1) is 17.1. The molecule has 11 heteroatoms. The summed E-state index contributed by atoms with van der Waals surface area (Å²) in [6.45, 7) is 4.59. The summed E-state index contributed by atoms with van der Waals surface area (Å²) < 4.78 is 45.3. The number of ether oxygens (including phenoxy) is 1. The topological polar surface area (TPSA) is 79.8 Å². The van der Waals surface area contributed by atoms with E-state index in [4.69, 9.17) is 4.74 Å². The van der Waals surface area contributed by atoms with Gasteiger partial charge in [0.05, 0.1) is 22.2 Å². The van der Waals surface area contributed by atoms with Gasteiger partial charge in [-0.15, -0.1) is 11.3 Å². The van der Waals surface area contributed by atoms with Gasteiger partial charge >= 0.3 is 12.1 Å². The summed E-state index contributed by atoms with van der Waals surface area (Å²) in [7, 11) is 0. The lowest BCUT2D eigenvalue weighted by molar-refractivity contribution is -0.152. The maximum Gasteiger partial charge on any atom is 0.417 e. The van der Waals surface area contributed by atoms with Crippen LogP contribution in [0.2, 0.25) is 0 Å². The molecule has 4 rings (SSSR count). The lowest BCUT2D eigenvalue weighted by atomic mass is 9.96. The summed E-state index contributed by atoms with van der Waals surface area (Å²) in [5, 5.41) is 2.43. The zero-order chi connectivity index (χ0) is 26.0. The molecule has 0 bridgehead atoms.